The van der Waals surface area contributed by atoms with Gasteiger partial charge in [-0.1, -0.05) is 38.0 Å². The molecule has 0 radical (unpaired) electrons. The topological polar surface area (TPSA) is 3.24 Å². The Morgan fingerprint density at radius 2 is 2.00 bits per heavy atom. The van der Waals surface area contributed by atoms with E-state index in [2.05, 4.69) is 53.9 Å². The van der Waals surface area contributed by atoms with E-state index in [0.29, 0.717) is 5.37 Å². The minimum atomic E-state index is 0.706. The Labute approximate surface area is 116 Å². The van der Waals surface area contributed by atoms with Crippen molar-refractivity contribution in [3.05, 3.63) is 30.3 Å². The Balaban J connectivity index is 1.90. The lowest BCUT2D eigenvalue weighted by molar-refractivity contribution is 0.550. The van der Waals surface area contributed by atoms with Gasteiger partial charge in [0.25, 0.3) is 0 Å². The summed E-state index contributed by atoms with van der Waals surface area (Å²) in [4.78, 5) is 2.61. The van der Waals surface area contributed by atoms with Gasteiger partial charge >= 0.3 is 0 Å². The fourth-order valence-corrected chi connectivity index (χ4v) is 3.94. The van der Waals surface area contributed by atoms with Crippen LogP contribution in [0.4, 0.5) is 5.69 Å². The summed E-state index contributed by atoms with van der Waals surface area (Å²) in [7, 11) is 0. The maximum absolute atomic E-state index is 2.61. The summed E-state index contributed by atoms with van der Waals surface area (Å²) in [6.07, 6.45) is 8.18. The van der Waals surface area contributed by atoms with Crippen molar-refractivity contribution in [3.63, 3.8) is 0 Å². The second-order valence-electron chi connectivity index (χ2n) is 5.06. The number of unbranched alkanes of at least 4 members (excludes halogenated alkanes) is 2. The number of para-hydroxylation sites is 1. The number of benzene rings is 1. The first-order valence-corrected chi connectivity index (χ1v) is 8.40. The molecule has 1 heterocycles. The first-order chi connectivity index (χ1) is 8.92. The second kappa shape index (κ2) is 7.73. The molecule has 0 amide bonds. The first kappa shape index (κ1) is 13.8. The van der Waals surface area contributed by atoms with E-state index in [0.717, 1.165) is 0 Å². The number of hydrogen-bond donors (Lipinski definition) is 0. The van der Waals surface area contributed by atoms with Gasteiger partial charge in [0, 0.05) is 12.2 Å². The third kappa shape index (κ3) is 3.94. The molecule has 0 aromatic heterocycles. The summed E-state index contributed by atoms with van der Waals surface area (Å²) in [5, 5.41) is 0.706. The van der Waals surface area contributed by atoms with E-state index in [-0.39, 0.29) is 0 Å². The molecule has 1 aromatic rings. The highest BCUT2D eigenvalue weighted by molar-refractivity contribution is 8.00. The molecule has 1 aliphatic rings. The summed E-state index contributed by atoms with van der Waals surface area (Å²) >= 11 is 2.17. The van der Waals surface area contributed by atoms with E-state index in [1.54, 1.807) is 0 Å². The maximum Gasteiger partial charge on any atom is 0.0750 e. The highest BCUT2D eigenvalue weighted by atomic mass is 32.2. The van der Waals surface area contributed by atoms with Gasteiger partial charge in [0.15, 0.2) is 0 Å². The smallest absolute Gasteiger partial charge is 0.0750 e. The Kier molecular flexibility index (Phi) is 5.92. The number of hydrogen-bond acceptors (Lipinski definition) is 2. The monoisotopic (exact) mass is 263 g/mol. The maximum atomic E-state index is 2.61. The largest absolute Gasteiger partial charge is 0.360 e. The van der Waals surface area contributed by atoms with Crippen LogP contribution < -0.4 is 4.90 Å². The lowest BCUT2D eigenvalue weighted by Crippen LogP contribution is -2.37. The van der Waals surface area contributed by atoms with Gasteiger partial charge in [-0.15, -0.1) is 11.8 Å². The van der Waals surface area contributed by atoms with Crippen molar-refractivity contribution in [1.29, 1.82) is 0 Å². The highest BCUT2D eigenvalue weighted by Crippen LogP contribution is 2.31. The number of rotatable bonds is 6. The molecule has 2 rings (SSSR count). The van der Waals surface area contributed by atoms with E-state index in [1.807, 2.05) is 0 Å². The minimum Gasteiger partial charge on any atom is -0.360 e. The summed E-state index contributed by atoms with van der Waals surface area (Å²) in [5.74, 6) is 1.32. The lowest BCUT2D eigenvalue weighted by Gasteiger charge is -2.37. The molecule has 1 nitrogen and oxygen atoms in total. The second-order valence-corrected chi connectivity index (χ2v) is 6.34. The Morgan fingerprint density at radius 1 is 1.17 bits per heavy atom. The van der Waals surface area contributed by atoms with Crippen molar-refractivity contribution in [2.75, 3.05) is 17.2 Å². The van der Waals surface area contributed by atoms with Crippen LogP contribution in [-0.2, 0) is 0 Å². The molecular weight excluding hydrogens is 238 g/mol. The Bertz CT molecular complexity index is 325. The van der Waals surface area contributed by atoms with Gasteiger partial charge in [-0.3, -0.25) is 0 Å². The zero-order chi connectivity index (χ0) is 12.6. The predicted molar refractivity (Wildman–Crippen MR) is 83.4 cm³/mol. The molecule has 0 spiro atoms. The average molecular weight is 263 g/mol. The Morgan fingerprint density at radius 3 is 2.78 bits per heavy atom. The van der Waals surface area contributed by atoms with Crippen molar-refractivity contribution in [1.82, 2.24) is 0 Å². The number of piperidine rings is 1. The zero-order valence-electron chi connectivity index (χ0n) is 11.5. The molecule has 1 fully saturated rings. The molecule has 1 aliphatic heterocycles. The zero-order valence-corrected chi connectivity index (χ0v) is 12.3. The Hall–Kier alpha value is -0.630. The molecule has 0 saturated carbocycles. The van der Waals surface area contributed by atoms with Crippen molar-refractivity contribution in [3.8, 4) is 0 Å². The molecule has 0 bridgehead atoms. The lowest BCUT2D eigenvalue weighted by atomic mass is 10.1. The minimum absolute atomic E-state index is 0.706. The van der Waals surface area contributed by atoms with Crippen LogP contribution in [0.25, 0.3) is 0 Å². The van der Waals surface area contributed by atoms with E-state index >= 15 is 0 Å². The number of nitrogens with zero attached hydrogens (tertiary/aromatic N) is 1. The van der Waals surface area contributed by atoms with Gasteiger partial charge in [0.2, 0.25) is 0 Å². The van der Waals surface area contributed by atoms with E-state index in [1.165, 1.54) is 56.5 Å². The average Bonchev–Trinajstić information content (AvgIpc) is 2.45. The van der Waals surface area contributed by atoms with Crippen LogP contribution in [0.5, 0.6) is 0 Å². The SMILES string of the molecule is CCCCCSC1CCCCN1c1ccccc1. The van der Waals surface area contributed by atoms with E-state index in [4.69, 9.17) is 0 Å². The molecule has 1 atom stereocenters. The van der Waals surface area contributed by atoms with Crippen molar-refractivity contribution in [2.45, 2.75) is 50.8 Å². The fraction of sp³-hybridized carbons (Fsp3) is 0.625. The third-order valence-electron chi connectivity index (χ3n) is 3.59. The third-order valence-corrected chi connectivity index (χ3v) is 4.99. The summed E-state index contributed by atoms with van der Waals surface area (Å²) in [6.45, 7) is 3.51. The van der Waals surface area contributed by atoms with E-state index < -0.39 is 0 Å². The highest BCUT2D eigenvalue weighted by Gasteiger charge is 2.22. The summed E-state index contributed by atoms with van der Waals surface area (Å²) in [6, 6.07) is 10.9. The van der Waals surface area contributed by atoms with Gasteiger partial charge in [-0.25, -0.2) is 0 Å². The van der Waals surface area contributed by atoms with Gasteiger partial charge < -0.3 is 4.90 Å². The van der Waals surface area contributed by atoms with Gasteiger partial charge in [0.05, 0.1) is 5.37 Å². The molecule has 1 aromatic carbocycles. The molecule has 18 heavy (non-hydrogen) atoms. The van der Waals surface area contributed by atoms with Crippen LogP contribution in [0.1, 0.15) is 45.4 Å². The fourth-order valence-electron chi connectivity index (χ4n) is 2.56. The van der Waals surface area contributed by atoms with Crippen molar-refractivity contribution < 1.29 is 0 Å². The van der Waals surface area contributed by atoms with Crippen molar-refractivity contribution in [2.24, 2.45) is 0 Å². The quantitative estimate of drug-likeness (QED) is 0.670. The molecule has 2 heteroatoms. The van der Waals surface area contributed by atoms with Crippen LogP contribution >= 0.6 is 11.8 Å². The van der Waals surface area contributed by atoms with Crippen LogP contribution in [0, 0.1) is 0 Å². The summed E-state index contributed by atoms with van der Waals surface area (Å²) < 4.78 is 0. The molecule has 1 saturated heterocycles. The van der Waals surface area contributed by atoms with Gasteiger partial charge in [-0.2, -0.15) is 0 Å². The first-order valence-electron chi connectivity index (χ1n) is 7.35. The predicted octanol–water partition coefficient (Wildman–Crippen LogP) is 4.93. The van der Waals surface area contributed by atoms with Crippen LogP contribution in [0.15, 0.2) is 30.3 Å². The summed E-state index contributed by atoms with van der Waals surface area (Å²) in [5.41, 5.74) is 1.41. The van der Waals surface area contributed by atoms with Gasteiger partial charge in [-0.05, 0) is 43.6 Å². The number of thioether (sulfide) groups is 1. The molecule has 1 unspecified atom stereocenters. The number of anilines is 1. The van der Waals surface area contributed by atoms with Crippen LogP contribution in [0.3, 0.4) is 0 Å². The van der Waals surface area contributed by atoms with Crippen molar-refractivity contribution >= 4 is 17.4 Å². The molecular formula is C16H25NS. The van der Waals surface area contributed by atoms with Gasteiger partial charge in [0.1, 0.15) is 0 Å². The van der Waals surface area contributed by atoms with Crippen LogP contribution in [0.2, 0.25) is 0 Å². The van der Waals surface area contributed by atoms with Crippen LogP contribution in [-0.4, -0.2) is 17.7 Å². The molecule has 100 valence electrons. The molecule has 0 aliphatic carbocycles. The normalized spacial score (nSPS) is 20.1. The van der Waals surface area contributed by atoms with E-state index in [9.17, 15) is 0 Å². The standard InChI is InChI=1S/C16H25NS/c1-2-3-9-14-18-16-12-7-8-13-17(16)15-10-5-4-6-11-15/h4-6,10-11,16H,2-3,7-9,12-14H2,1H3. The molecule has 0 N–H and O–H groups in total.